The van der Waals surface area contributed by atoms with Crippen molar-refractivity contribution in [2.24, 2.45) is 0 Å². The van der Waals surface area contributed by atoms with Crippen molar-refractivity contribution in [1.82, 2.24) is 19.7 Å². The van der Waals surface area contributed by atoms with Gasteiger partial charge in [0.1, 0.15) is 5.82 Å². The maximum atomic E-state index is 6.14. The van der Waals surface area contributed by atoms with E-state index in [1.807, 2.05) is 30.3 Å². The first-order chi connectivity index (χ1) is 17.6. The molecule has 192 valence electrons. The number of benzene rings is 2. The molecule has 0 N–H and O–H groups in total. The Kier molecular flexibility index (Phi) is 9.18. The second kappa shape index (κ2) is 12.5. The number of piperidine rings is 1. The molecule has 0 atom stereocenters. The lowest BCUT2D eigenvalue weighted by molar-refractivity contribution is 0.197. The first-order valence-corrected chi connectivity index (χ1v) is 13.4. The van der Waals surface area contributed by atoms with E-state index in [-0.39, 0.29) is 0 Å². The highest BCUT2D eigenvalue weighted by Gasteiger charge is 2.27. The second-order valence-corrected chi connectivity index (χ2v) is 10.1. The summed E-state index contributed by atoms with van der Waals surface area (Å²) >= 11 is 7.83. The van der Waals surface area contributed by atoms with Gasteiger partial charge in [-0.25, -0.2) is 0 Å². The van der Waals surface area contributed by atoms with Crippen LogP contribution in [-0.4, -0.2) is 54.1 Å². The van der Waals surface area contributed by atoms with E-state index in [1.54, 1.807) is 33.1 Å². The van der Waals surface area contributed by atoms with Gasteiger partial charge in [-0.05, 0) is 49.7 Å². The Morgan fingerprint density at radius 3 is 2.50 bits per heavy atom. The van der Waals surface area contributed by atoms with Crippen molar-refractivity contribution >= 4 is 23.4 Å². The number of aromatic nitrogens is 3. The van der Waals surface area contributed by atoms with E-state index < -0.39 is 0 Å². The predicted molar refractivity (Wildman–Crippen MR) is 145 cm³/mol. The minimum absolute atomic E-state index is 0.363. The van der Waals surface area contributed by atoms with Gasteiger partial charge in [-0.3, -0.25) is 4.90 Å². The van der Waals surface area contributed by atoms with Gasteiger partial charge in [-0.1, -0.05) is 47.6 Å². The molecule has 0 aliphatic carbocycles. The molecule has 2 heterocycles. The molecular formula is C27H33ClN4O3S. The third kappa shape index (κ3) is 5.99. The van der Waals surface area contributed by atoms with Crippen LogP contribution in [0.15, 0.2) is 54.2 Å². The van der Waals surface area contributed by atoms with Crippen LogP contribution in [0.3, 0.4) is 0 Å². The van der Waals surface area contributed by atoms with Crippen molar-refractivity contribution in [2.45, 2.75) is 42.8 Å². The summed E-state index contributed by atoms with van der Waals surface area (Å²) in [5.41, 5.74) is 2.25. The van der Waals surface area contributed by atoms with E-state index in [0.29, 0.717) is 24.0 Å². The lowest BCUT2D eigenvalue weighted by atomic mass is 9.95. The maximum Gasteiger partial charge on any atom is 0.203 e. The highest BCUT2D eigenvalue weighted by molar-refractivity contribution is 7.98. The fourth-order valence-corrected chi connectivity index (χ4v) is 5.77. The van der Waals surface area contributed by atoms with Crippen LogP contribution in [0.25, 0.3) is 0 Å². The summed E-state index contributed by atoms with van der Waals surface area (Å²) in [5, 5.41) is 10.8. The molecule has 3 aromatic rings. The lowest BCUT2D eigenvalue weighted by Crippen LogP contribution is -2.33. The maximum absolute atomic E-state index is 6.14. The molecule has 7 nitrogen and oxygen atoms in total. The number of thioether (sulfide) groups is 1. The molecule has 1 aromatic heterocycles. The van der Waals surface area contributed by atoms with Crippen molar-refractivity contribution in [2.75, 3.05) is 34.4 Å². The van der Waals surface area contributed by atoms with Crippen LogP contribution in [0, 0.1) is 0 Å². The van der Waals surface area contributed by atoms with Crippen LogP contribution in [0.2, 0.25) is 5.02 Å². The summed E-state index contributed by atoms with van der Waals surface area (Å²) in [6, 6.07) is 11.9. The molecule has 2 aromatic carbocycles. The molecule has 4 rings (SSSR count). The molecule has 0 radical (unpaired) electrons. The average Bonchev–Trinajstić information content (AvgIpc) is 3.30. The fraction of sp³-hybridized carbons (Fsp3) is 0.407. The molecule has 1 aliphatic heterocycles. The largest absolute Gasteiger partial charge is 0.493 e. The van der Waals surface area contributed by atoms with Gasteiger partial charge in [0, 0.05) is 35.3 Å². The number of rotatable bonds is 11. The van der Waals surface area contributed by atoms with Gasteiger partial charge in [0.2, 0.25) is 5.75 Å². The molecule has 0 spiro atoms. The number of hydrogen-bond acceptors (Lipinski definition) is 7. The summed E-state index contributed by atoms with van der Waals surface area (Å²) in [5.74, 6) is 4.23. The molecular weight excluding hydrogens is 496 g/mol. The number of nitrogens with zero attached hydrogens (tertiary/aromatic N) is 4. The third-order valence-electron chi connectivity index (χ3n) is 6.45. The predicted octanol–water partition coefficient (Wildman–Crippen LogP) is 5.82. The second-order valence-electron chi connectivity index (χ2n) is 8.70. The Bertz CT molecular complexity index is 1180. The van der Waals surface area contributed by atoms with E-state index in [9.17, 15) is 0 Å². The van der Waals surface area contributed by atoms with Crippen molar-refractivity contribution in [3.63, 3.8) is 0 Å². The summed E-state index contributed by atoms with van der Waals surface area (Å²) in [4.78, 5) is 2.45. The number of hydrogen-bond donors (Lipinski definition) is 0. The van der Waals surface area contributed by atoms with Crippen molar-refractivity contribution in [3.8, 4) is 17.2 Å². The molecule has 9 heteroatoms. The average molecular weight is 529 g/mol. The zero-order chi connectivity index (χ0) is 25.5. The van der Waals surface area contributed by atoms with Crippen molar-refractivity contribution in [3.05, 3.63) is 71.0 Å². The zero-order valence-electron chi connectivity index (χ0n) is 21.1. The smallest absolute Gasteiger partial charge is 0.203 e. The Morgan fingerprint density at radius 1 is 1.06 bits per heavy atom. The molecule has 1 saturated heterocycles. The first kappa shape index (κ1) is 26.4. The van der Waals surface area contributed by atoms with Crippen LogP contribution >= 0.6 is 23.4 Å². The normalized spacial score (nSPS) is 14.6. The highest BCUT2D eigenvalue weighted by Crippen LogP contribution is 2.41. The van der Waals surface area contributed by atoms with E-state index in [0.717, 1.165) is 65.5 Å². The van der Waals surface area contributed by atoms with E-state index in [2.05, 4.69) is 38.4 Å². The Hall–Kier alpha value is -2.68. The van der Waals surface area contributed by atoms with Gasteiger partial charge in [0.15, 0.2) is 16.7 Å². The zero-order valence-corrected chi connectivity index (χ0v) is 22.6. The van der Waals surface area contributed by atoms with Crippen LogP contribution in [0.4, 0.5) is 0 Å². The standard InChI is InChI=1S/C27H33ClN4O3S/c1-5-13-32-26(29-30-27(32)36-18-19-7-6-8-22(28)16-19)20-11-14-31(15-12-20)17-21-9-10-23(33-2)25(35-4)24(21)34-3/h5-10,16,20H,1,11-15,17-18H2,2-4H3. The minimum Gasteiger partial charge on any atom is -0.493 e. The quantitative estimate of drug-likeness (QED) is 0.230. The molecule has 0 saturated carbocycles. The number of halogens is 1. The first-order valence-electron chi connectivity index (χ1n) is 12.0. The van der Waals surface area contributed by atoms with Crippen LogP contribution < -0.4 is 14.2 Å². The molecule has 1 aliphatic rings. The SMILES string of the molecule is C=CCn1c(SCc2cccc(Cl)c2)nnc1C1CCN(Cc2ccc(OC)c(OC)c2OC)CC1. The van der Waals surface area contributed by atoms with Crippen LogP contribution in [0.1, 0.15) is 35.7 Å². The number of likely N-dealkylation sites (tertiary alicyclic amines) is 1. The van der Waals surface area contributed by atoms with Crippen molar-refractivity contribution in [1.29, 1.82) is 0 Å². The highest BCUT2D eigenvalue weighted by atomic mass is 35.5. The Balaban J connectivity index is 1.42. The van der Waals surface area contributed by atoms with E-state index >= 15 is 0 Å². The summed E-state index contributed by atoms with van der Waals surface area (Å²) in [6.07, 6.45) is 3.95. The molecule has 0 amide bonds. The monoisotopic (exact) mass is 528 g/mol. The molecule has 1 fully saturated rings. The third-order valence-corrected chi connectivity index (χ3v) is 7.72. The lowest BCUT2D eigenvalue weighted by Gasteiger charge is -2.32. The number of allylic oxidation sites excluding steroid dienone is 1. The summed E-state index contributed by atoms with van der Waals surface area (Å²) < 4.78 is 18.9. The molecule has 0 bridgehead atoms. The van der Waals surface area contributed by atoms with E-state index in [4.69, 9.17) is 25.8 Å². The summed E-state index contributed by atoms with van der Waals surface area (Å²) in [7, 11) is 4.94. The van der Waals surface area contributed by atoms with Crippen LogP contribution in [0.5, 0.6) is 17.2 Å². The summed E-state index contributed by atoms with van der Waals surface area (Å²) in [6.45, 7) is 7.37. The number of ether oxygens (including phenoxy) is 3. The van der Waals surface area contributed by atoms with Gasteiger partial charge in [-0.2, -0.15) is 0 Å². The Morgan fingerprint density at radius 2 is 1.83 bits per heavy atom. The van der Waals surface area contributed by atoms with Crippen LogP contribution in [-0.2, 0) is 18.8 Å². The molecule has 36 heavy (non-hydrogen) atoms. The minimum atomic E-state index is 0.363. The fourth-order valence-electron chi connectivity index (χ4n) is 4.66. The topological polar surface area (TPSA) is 61.6 Å². The van der Waals surface area contributed by atoms with Gasteiger partial charge in [0.25, 0.3) is 0 Å². The van der Waals surface area contributed by atoms with Gasteiger partial charge in [0.05, 0.1) is 21.3 Å². The van der Waals surface area contributed by atoms with Gasteiger partial charge in [-0.15, -0.1) is 16.8 Å². The van der Waals surface area contributed by atoms with E-state index in [1.165, 1.54) is 5.56 Å². The van der Waals surface area contributed by atoms with Gasteiger partial charge < -0.3 is 18.8 Å². The van der Waals surface area contributed by atoms with Crippen molar-refractivity contribution < 1.29 is 14.2 Å². The molecule has 0 unspecified atom stereocenters. The Labute approximate surface area is 222 Å². The number of methoxy groups -OCH3 is 3. The van der Waals surface area contributed by atoms with Gasteiger partial charge >= 0.3 is 0 Å².